The lowest BCUT2D eigenvalue weighted by Gasteiger charge is -2.17. The van der Waals surface area contributed by atoms with Gasteiger partial charge in [-0.3, -0.25) is 9.52 Å². The minimum atomic E-state index is -3.67. The molecule has 0 atom stereocenters. The summed E-state index contributed by atoms with van der Waals surface area (Å²) in [6.07, 6.45) is 2.56. The standard InChI is InChI=1S/C22H28N2O3S/c1-5-12-23-21(25)22(10-11-22)18-6-8-19(9-7-18)24-28(26,27)20-14-16(3)15(2)13-17(20)4/h6-9,13-14,24H,5,10-12H2,1-4H3,(H,23,25). The maximum absolute atomic E-state index is 12.8. The van der Waals surface area contributed by atoms with Crippen LogP contribution in [0.2, 0.25) is 0 Å². The fourth-order valence-electron chi connectivity index (χ4n) is 3.47. The highest BCUT2D eigenvalue weighted by atomic mass is 32.2. The van der Waals surface area contributed by atoms with E-state index in [9.17, 15) is 13.2 Å². The Kier molecular flexibility index (Phi) is 5.53. The third-order valence-electron chi connectivity index (χ3n) is 5.49. The average molecular weight is 401 g/mol. The van der Waals surface area contributed by atoms with Gasteiger partial charge in [-0.1, -0.05) is 25.1 Å². The maximum atomic E-state index is 12.8. The first-order valence-corrected chi connectivity index (χ1v) is 11.2. The van der Waals surface area contributed by atoms with Gasteiger partial charge in [0.05, 0.1) is 10.3 Å². The molecule has 0 unspecified atom stereocenters. The molecule has 1 aliphatic rings. The first kappa shape index (κ1) is 20.4. The van der Waals surface area contributed by atoms with Gasteiger partial charge in [-0.05, 0) is 80.5 Å². The number of hydrogen-bond donors (Lipinski definition) is 2. The summed E-state index contributed by atoms with van der Waals surface area (Å²) in [6, 6.07) is 10.8. The molecule has 2 aromatic rings. The number of carbonyl (C=O) groups is 1. The highest BCUT2D eigenvalue weighted by molar-refractivity contribution is 7.92. The van der Waals surface area contributed by atoms with E-state index in [-0.39, 0.29) is 10.8 Å². The van der Waals surface area contributed by atoms with Gasteiger partial charge in [0.1, 0.15) is 0 Å². The second-order valence-corrected chi connectivity index (χ2v) is 9.37. The molecule has 0 aromatic heterocycles. The minimum Gasteiger partial charge on any atom is -0.355 e. The van der Waals surface area contributed by atoms with E-state index < -0.39 is 15.4 Å². The molecule has 1 aliphatic carbocycles. The van der Waals surface area contributed by atoms with Crippen molar-refractivity contribution in [3.8, 4) is 0 Å². The van der Waals surface area contributed by atoms with Crippen molar-refractivity contribution in [2.24, 2.45) is 0 Å². The number of carbonyl (C=O) groups excluding carboxylic acids is 1. The fourth-order valence-corrected chi connectivity index (χ4v) is 4.84. The number of anilines is 1. The molecular weight excluding hydrogens is 372 g/mol. The van der Waals surface area contributed by atoms with E-state index >= 15 is 0 Å². The van der Waals surface area contributed by atoms with Crippen LogP contribution in [0.15, 0.2) is 41.3 Å². The predicted octanol–water partition coefficient (Wildman–Crippen LogP) is 3.97. The van der Waals surface area contributed by atoms with Crippen molar-refractivity contribution in [3.63, 3.8) is 0 Å². The van der Waals surface area contributed by atoms with E-state index in [0.29, 0.717) is 12.2 Å². The topological polar surface area (TPSA) is 75.3 Å². The van der Waals surface area contributed by atoms with Crippen LogP contribution in [0.4, 0.5) is 5.69 Å². The van der Waals surface area contributed by atoms with Crippen LogP contribution in [-0.4, -0.2) is 20.9 Å². The second-order valence-electron chi connectivity index (χ2n) is 7.72. The summed E-state index contributed by atoms with van der Waals surface area (Å²) in [4.78, 5) is 12.7. The van der Waals surface area contributed by atoms with Gasteiger partial charge in [0.2, 0.25) is 5.91 Å². The molecule has 0 heterocycles. The van der Waals surface area contributed by atoms with Crippen molar-refractivity contribution in [1.29, 1.82) is 0 Å². The van der Waals surface area contributed by atoms with Gasteiger partial charge < -0.3 is 5.32 Å². The number of nitrogens with one attached hydrogen (secondary N) is 2. The summed E-state index contributed by atoms with van der Waals surface area (Å²) in [5.41, 5.74) is 3.71. The zero-order valence-electron chi connectivity index (χ0n) is 16.9. The molecule has 0 saturated heterocycles. The van der Waals surface area contributed by atoms with E-state index in [4.69, 9.17) is 0 Å². The Labute approximate surface area is 167 Å². The Hall–Kier alpha value is -2.34. The molecule has 0 spiro atoms. The van der Waals surface area contributed by atoms with Crippen molar-refractivity contribution in [2.45, 2.75) is 57.3 Å². The van der Waals surface area contributed by atoms with Crippen LogP contribution >= 0.6 is 0 Å². The number of rotatable bonds is 7. The molecule has 150 valence electrons. The molecule has 0 aliphatic heterocycles. The Balaban J connectivity index is 1.79. The van der Waals surface area contributed by atoms with E-state index in [0.717, 1.165) is 41.5 Å². The lowest BCUT2D eigenvalue weighted by Crippen LogP contribution is -2.35. The Bertz CT molecular complexity index is 991. The maximum Gasteiger partial charge on any atom is 0.262 e. The zero-order valence-corrected chi connectivity index (χ0v) is 17.7. The van der Waals surface area contributed by atoms with Crippen LogP contribution in [0.5, 0.6) is 0 Å². The smallest absolute Gasteiger partial charge is 0.262 e. The molecule has 28 heavy (non-hydrogen) atoms. The molecule has 0 radical (unpaired) electrons. The predicted molar refractivity (Wildman–Crippen MR) is 112 cm³/mol. The Morgan fingerprint density at radius 2 is 1.61 bits per heavy atom. The summed E-state index contributed by atoms with van der Waals surface area (Å²) < 4.78 is 28.3. The molecular formula is C22H28N2O3S. The number of sulfonamides is 1. The van der Waals surface area contributed by atoms with Crippen LogP contribution < -0.4 is 10.0 Å². The molecule has 1 fully saturated rings. The van der Waals surface area contributed by atoms with Gasteiger partial charge in [0.15, 0.2) is 0 Å². The van der Waals surface area contributed by atoms with Gasteiger partial charge in [0.25, 0.3) is 10.0 Å². The van der Waals surface area contributed by atoms with Gasteiger partial charge in [-0.2, -0.15) is 0 Å². The van der Waals surface area contributed by atoms with E-state index in [1.807, 2.05) is 39.0 Å². The third-order valence-corrected chi connectivity index (χ3v) is 7.01. The van der Waals surface area contributed by atoms with E-state index in [1.54, 1.807) is 25.1 Å². The molecule has 3 rings (SSSR count). The van der Waals surface area contributed by atoms with Crippen molar-refractivity contribution in [3.05, 3.63) is 58.7 Å². The Morgan fingerprint density at radius 1 is 1.00 bits per heavy atom. The van der Waals surface area contributed by atoms with E-state index in [2.05, 4.69) is 10.0 Å². The summed E-state index contributed by atoms with van der Waals surface area (Å²) in [7, 11) is -3.67. The number of hydrogen-bond acceptors (Lipinski definition) is 3. The molecule has 1 saturated carbocycles. The number of benzene rings is 2. The largest absolute Gasteiger partial charge is 0.355 e. The van der Waals surface area contributed by atoms with Crippen LogP contribution in [0, 0.1) is 20.8 Å². The molecule has 1 amide bonds. The lowest BCUT2D eigenvalue weighted by molar-refractivity contribution is -0.123. The molecule has 2 aromatic carbocycles. The van der Waals surface area contributed by atoms with Gasteiger partial charge in [0, 0.05) is 12.2 Å². The molecule has 0 bridgehead atoms. The van der Waals surface area contributed by atoms with Crippen molar-refractivity contribution in [2.75, 3.05) is 11.3 Å². The summed E-state index contributed by atoms with van der Waals surface area (Å²) in [5.74, 6) is 0.0634. The lowest BCUT2D eigenvalue weighted by atomic mass is 9.95. The SMILES string of the molecule is CCCNC(=O)C1(c2ccc(NS(=O)(=O)c3cc(C)c(C)cc3C)cc2)CC1. The number of aryl methyl sites for hydroxylation is 3. The monoisotopic (exact) mass is 400 g/mol. The van der Waals surface area contributed by atoms with Gasteiger partial charge in [-0.25, -0.2) is 8.42 Å². The van der Waals surface area contributed by atoms with Crippen LogP contribution in [0.1, 0.15) is 48.4 Å². The average Bonchev–Trinajstić information content (AvgIpc) is 3.45. The van der Waals surface area contributed by atoms with Crippen LogP contribution in [0.3, 0.4) is 0 Å². The summed E-state index contributed by atoms with van der Waals surface area (Å²) in [6.45, 7) is 8.37. The molecule has 6 heteroatoms. The highest BCUT2D eigenvalue weighted by Crippen LogP contribution is 2.48. The Morgan fingerprint density at radius 3 is 2.18 bits per heavy atom. The van der Waals surface area contributed by atoms with E-state index in [1.165, 1.54) is 0 Å². The zero-order chi connectivity index (χ0) is 20.5. The molecule has 2 N–H and O–H groups in total. The van der Waals surface area contributed by atoms with Gasteiger partial charge >= 0.3 is 0 Å². The fraction of sp³-hybridized carbons (Fsp3) is 0.409. The third kappa shape index (κ3) is 3.92. The summed E-state index contributed by atoms with van der Waals surface area (Å²) >= 11 is 0. The van der Waals surface area contributed by atoms with Gasteiger partial charge in [-0.15, -0.1) is 0 Å². The van der Waals surface area contributed by atoms with Crippen molar-refractivity contribution < 1.29 is 13.2 Å². The number of amides is 1. The van der Waals surface area contributed by atoms with Crippen LogP contribution in [0.25, 0.3) is 0 Å². The second kappa shape index (κ2) is 7.59. The first-order valence-electron chi connectivity index (χ1n) is 9.69. The quantitative estimate of drug-likeness (QED) is 0.738. The summed E-state index contributed by atoms with van der Waals surface area (Å²) in [5, 5.41) is 2.97. The van der Waals surface area contributed by atoms with Crippen LogP contribution in [-0.2, 0) is 20.2 Å². The van der Waals surface area contributed by atoms with Crippen molar-refractivity contribution in [1.82, 2.24) is 5.32 Å². The first-order chi connectivity index (χ1) is 13.2. The normalized spacial score (nSPS) is 15.1. The highest BCUT2D eigenvalue weighted by Gasteiger charge is 2.50. The minimum absolute atomic E-state index is 0.0634. The molecule has 5 nitrogen and oxygen atoms in total. The van der Waals surface area contributed by atoms with Crippen molar-refractivity contribution >= 4 is 21.6 Å².